The van der Waals surface area contributed by atoms with Crippen molar-refractivity contribution in [2.24, 2.45) is 0 Å². The molecular formula is C13H28N2O3. The second-order valence-corrected chi connectivity index (χ2v) is 4.79. The van der Waals surface area contributed by atoms with E-state index < -0.39 is 0 Å². The molecule has 0 aromatic heterocycles. The van der Waals surface area contributed by atoms with Gasteiger partial charge in [-0.3, -0.25) is 0 Å². The molecule has 0 bridgehead atoms. The SMILES string of the molecule is CCOC1CC(NCCN(C)CCOC)C1OC. The Balaban J connectivity index is 2.09. The molecule has 0 aromatic rings. The van der Waals surface area contributed by atoms with Crippen LogP contribution in [0.25, 0.3) is 0 Å². The molecule has 1 fully saturated rings. The third kappa shape index (κ3) is 4.82. The summed E-state index contributed by atoms with van der Waals surface area (Å²) < 4.78 is 16.1. The van der Waals surface area contributed by atoms with Crippen LogP contribution in [0.5, 0.6) is 0 Å². The summed E-state index contributed by atoms with van der Waals surface area (Å²) in [7, 11) is 5.60. The summed E-state index contributed by atoms with van der Waals surface area (Å²) in [5, 5.41) is 3.53. The van der Waals surface area contributed by atoms with Gasteiger partial charge in [0, 0.05) is 46.5 Å². The maximum Gasteiger partial charge on any atom is 0.0986 e. The first-order valence-electron chi connectivity index (χ1n) is 6.78. The molecule has 18 heavy (non-hydrogen) atoms. The summed E-state index contributed by atoms with van der Waals surface area (Å²) in [6, 6.07) is 0.433. The minimum atomic E-state index is 0.203. The van der Waals surface area contributed by atoms with Gasteiger partial charge in [-0.15, -0.1) is 0 Å². The van der Waals surface area contributed by atoms with E-state index in [4.69, 9.17) is 14.2 Å². The van der Waals surface area contributed by atoms with Gasteiger partial charge in [-0.25, -0.2) is 0 Å². The predicted molar refractivity (Wildman–Crippen MR) is 72.0 cm³/mol. The zero-order valence-corrected chi connectivity index (χ0v) is 12.1. The number of nitrogens with one attached hydrogen (secondary N) is 1. The fourth-order valence-electron chi connectivity index (χ4n) is 2.27. The van der Waals surface area contributed by atoms with Gasteiger partial charge in [0.2, 0.25) is 0 Å². The smallest absolute Gasteiger partial charge is 0.0986 e. The first-order chi connectivity index (χ1) is 8.72. The number of hydrogen-bond donors (Lipinski definition) is 1. The summed E-state index contributed by atoms with van der Waals surface area (Å²) in [4.78, 5) is 2.26. The van der Waals surface area contributed by atoms with Crippen molar-refractivity contribution in [1.82, 2.24) is 10.2 Å². The Morgan fingerprint density at radius 3 is 2.67 bits per heavy atom. The highest BCUT2D eigenvalue weighted by Gasteiger charge is 2.41. The van der Waals surface area contributed by atoms with E-state index in [1.807, 2.05) is 6.92 Å². The molecule has 1 saturated carbocycles. The molecule has 0 amide bonds. The first kappa shape index (κ1) is 15.9. The number of rotatable bonds is 10. The van der Waals surface area contributed by atoms with E-state index in [1.165, 1.54) is 0 Å². The van der Waals surface area contributed by atoms with Gasteiger partial charge in [-0.1, -0.05) is 0 Å². The predicted octanol–water partition coefficient (Wildman–Crippen LogP) is 0.347. The Hall–Kier alpha value is -0.200. The molecule has 1 rings (SSSR count). The van der Waals surface area contributed by atoms with Crippen molar-refractivity contribution in [3.8, 4) is 0 Å². The van der Waals surface area contributed by atoms with E-state index in [0.29, 0.717) is 6.04 Å². The molecule has 5 heteroatoms. The van der Waals surface area contributed by atoms with Crippen LogP contribution in [0.2, 0.25) is 0 Å². The second kappa shape index (κ2) is 8.82. The Morgan fingerprint density at radius 2 is 2.06 bits per heavy atom. The lowest BCUT2D eigenvalue weighted by atomic mass is 9.85. The van der Waals surface area contributed by atoms with E-state index in [2.05, 4.69) is 17.3 Å². The van der Waals surface area contributed by atoms with E-state index >= 15 is 0 Å². The number of nitrogens with zero attached hydrogens (tertiary/aromatic N) is 1. The van der Waals surface area contributed by atoms with Crippen LogP contribution in [0.1, 0.15) is 13.3 Å². The largest absolute Gasteiger partial charge is 0.383 e. The van der Waals surface area contributed by atoms with E-state index in [0.717, 1.165) is 39.3 Å². The van der Waals surface area contributed by atoms with Crippen molar-refractivity contribution in [2.45, 2.75) is 31.6 Å². The van der Waals surface area contributed by atoms with Crippen molar-refractivity contribution in [3.63, 3.8) is 0 Å². The van der Waals surface area contributed by atoms with E-state index in [-0.39, 0.29) is 12.2 Å². The molecule has 3 unspecified atom stereocenters. The maximum atomic E-state index is 5.60. The molecule has 0 spiro atoms. The number of methoxy groups -OCH3 is 2. The Morgan fingerprint density at radius 1 is 1.28 bits per heavy atom. The topological polar surface area (TPSA) is 43.0 Å². The van der Waals surface area contributed by atoms with Gasteiger partial charge in [0.25, 0.3) is 0 Å². The van der Waals surface area contributed by atoms with Crippen molar-refractivity contribution in [1.29, 1.82) is 0 Å². The number of ether oxygens (including phenoxy) is 3. The van der Waals surface area contributed by atoms with Gasteiger partial charge in [0.05, 0.1) is 18.8 Å². The quantitative estimate of drug-likeness (QED) is 0.614. The van der Waals surface area contributed by atoms with Crippen molar-refractivity contribution in [3.05, 3.63) is 0 Å². The lowest BCUT2D eigenvalue weighted by Crippen LogP contribution is -2.60. The number of likely N-dealkylation sites (N-methyl/N-ethyl adjacent to an activating group) is 1. The third-order valence-corrected chi connectivity index (χ3v) is 3.48. The molecule has 0 aromatic carbocycles. The highest BCUT2D eigenvalue weighted by molar-refractivity contribution is 4.97. The van der Waals surface area contributed by atoms with Crippen LogP contribution < -0.4 is 5.32 Å². The average Bonchev–Trinajstić information content (AvgIpc) is 2.34. The molecule has 0 aliphatic heterocycles. The van der Waals surface area contributed by atoms with E-state index in [1.54, 1.807) is 14.2 Å². The molecule has 5 nitrogen and oxygen atoms in total. The van der Waals surface area contributed by atoms with Crippen LogP contribution in [-0.4, -0.2) is 77.3 Å². The lowest BCUT2D eigenvalue weighted by Gasteiger charge is -2.43. The Kier molecular flexibility index (Phi) is 7.77. The highest BCUT2D eigenvalue weighted by atomic mass is 16.5. The molecule has 0 saturated heterocycles. The minimum Gasteiger partial charge on any atom is -0.383 e. The molecule has 0 radical (unpaired) electrons. The molecule has 0 heterocycles. The van der Waals surface area contributed by atoms with Crippen LogP contribution in [0.3, 0.4) is 0 Å². The average molecular weight is 260 g/mol. The molecule has 108 valence electrons. The van der Waals surface area contributed by atoms with Gasteiger partial charge in [-0.05, 0) is 20.4 Å². The normalized spacial score (nSPS) is 27.5. The Bertz CT molecular complexity index is 216. The van der Waals surface area contributed by atoms with Crippen LogP contribution in [-0.2, 0) is 14.2 Å². The zero-order valence-electron chi connectivity index (χ0n) is 12.1. The third-order valence-electron chi connectivity index (χ3n) is 3.48. The summed E-state index contributed by atoms with van der Waals surface area (Å²) in [6.45, 7) is 6.54. The highest BCUT2D eigenvalue weighted by Crippen LogP contribution is 2.26. The fourth-order valence-corrected chi connectivity index (χ4v) is 2.27. The Labute approximate surface area is 111 Å². The molecule has 1 aliphatic rings. The van der Waals surface area contributed by atoms with Gasteiger partial charge >= 0.3 is 0 Å². The van der Waals surface area contributed by atoms with Crippen LogP contribution in [0.4, 0.5) is 0 Å². The van der Waals surface area contributed by atoms with E-state index in [9.17, 15) is 0 Å². The van der Waals surface area contributed by atoms with Crippen molar-refractivity contribution < 1.29 is 14.2 Å². The first-order valence-corrected chi connectivity index (χ1v) is 6.78. The summed E-state index contributed by atoms with van der Waals surface area (Å²) in [5.41, 5.74) is 0. The van der Waals surface area contributed by atoms with Gasteiger partial charge in [-0.2, -0.15) is 0 Å². The second-order valence-electron chi connectivity index (χ2n) is 4.79. The van der Waals surface area contributed by atoms with Crippen LogP contribution in [0.15, 0.2) is 0 Å². The summed E-state index contributed by atoms with van der Waals surface area (Å²) in [6.07, 6.45) is 1.52. The van der Waals surface area contributed by atoms with Crippen LogP contribution >= 0.6 is 0 Å². The summed E-state index contributed by atoms with van der Waals surface area (Å²) in [5.74, 6) is 0. The maximum absolute atomic E-state index is 5.60. The van der Waals surface area contributed by atoms with Crippen molar-refractivity contribution >= 4 is 0 Å². The van der Waals surface area contributed by atoms with Crippen molar-refractivity contribution in [2.75, 3.05) is 54.1 Å². The van der Waals surface area contributed by atoms with Crippen LogP contribution in [0, 0.1) is 0 Å². The number of hydrogen-bond acceptors (Lipinski definition) is 5. The fraction of sp³-hybridized carbons (Fsp3) is 1.00. The zero-order chi connectivity index (χ0) is 13.4. The summed E-state index contributed by atoms with van der Waals surface area (Å²) >= 11 is 0. The van der Waals surface area contributed by atoms with Gasteiger partial charge in [0.1, 0.15) is 0 Å². The molecule has 1 aliphatic carbocycles. The standard InChI is InChI=1S/C13H28N2O3/c1-5-18-12-10-11(13(12)17-4)14-6-7-15(2)8-9-16-3/h11-14H,5-10H2,1-4H3. The minimum absolute atomic E-state index is 0.203. The molecular weight excluding hydrogens is 232 g/mol. The lowest BCUT2D eigenvalue weighted by molar-refractivity contribution is -0.131. The van der Waals surface area contributed by atoms with Gasteiger partial charge in [0.15, 0.2) is 0 Å². The molecule has 3 atom stereocenters. The molecule has 1 N–H and O–H groups in total. The monoisotopic (exact) mass is 260 g/mol. The van der Waals surface area contributed by atoms with Gasteiger partial charge < -0.3 is 24.4 Å².